The average Bonchev–Trinajstić information content (AvgIpc) is 2.58. The molecule has 2 bridgehead atoms. The first-order valence-electron chi connectivity index (χ1n) is 8.64. The van der Waals surface area contributed by atoms with Crippen molar-refractivity contribution < 1.29 is 23.0 Å². The molecule has 0 aromatic heterocycles. The fourth-order valence-electron chi connectivity index (χ4n) is 3.00. The van der Waals surface area contributed by atoms with Crippen LogP contribution in [0.15, 0.2) is 24.3 Å². The lowest BCUT2D eigenvalue weighted by Gasteiger charge is -2.38. The van der Waals surface area contributed by atoms with Gasteiger partial charge in [-0.1, -0.05) is 23.9 Å². The molecule has 10 heteroatoms. The molecule has 0 atom stereocenters. The van der Waals surface area contributed by atoms with E-state index in [0.717, 1.165) is 31.4 Å². The van der Waals surface area contributed by atoms with E-state index >= 15 is 0 Å². The summed E-state index contributed by atoms with van der Waals surface area (Å²) in [6, 6.07) is 6.69. The van der Waals surface area contributed by atoms with Crippen LogP contribution in [-0.2, 0) is 13.3 Å². The Morgan fingerprint density at radius 2 is 1.77 bits per heavy atom. The van der Waals surface area contributed by atoms with E-state index in [9.17, 15) is 14.9 Å². The maximum absolute atomic E-state index is 12.3. The Labute approximate surface area is 157 Å². The molecule has 0 aliphatic carbocycles. The molecule has 0 radical (unpaired) electrons. The molecule has 142 valence electrons. The predicted octanol–water partition coefficient (Wildman–Crippen LogP) is 2.18. The van der Waals surface area contributed by atoms with Crippen molar-refractivity contribution in [3.8, 4) is 0 Å². The fourth-order valence-corrected chi connectivity index (χ4v) is 6.56. The number of nitro benzene ring substituents is 1. The second kappa shape index (κ2) is 9.06. The van der Waals surface area contributed by atoms with Gasteiger partial charge in [-0.3, -0.25) is 19.8 Å². The van der Waals surface area contributed by atoms with Crippen molar-refractivity contribution in [2.45, 2.75) is 12.5 Å². The first kappa shape index (κ1) is 19.5. The van der Waals surface area contributed by atoms with E-state index in [-0.39, 0.29) is 16.4 Å². The third-order valence-corrected chi connectivity index (χ3v) is 8.24. The summed E-state index contributed by atoms with van der Waals surface area (Å²) in [4.78, 5) is 25.1. The zero-order valence-electron chi connectivity index (χ0n) is 14.4. The van der Waals surface area contributed by atoms with Gasteiger partial charge in [0.2, 0.25) is 5.12 Å². The molecule has 3 saturated heterocycles. The van der Waals surface area contributed by atoms with Crippen LogP contribution in [0.4, 0.5) is 5.69 Å². The lowest BCUT2D eigenvalue weighted by Crippen LogP contribution is -2.55. The number of benzene rings is 1. The van der Waals surface area contributed by atoms with Crippen molar-refractivity contribution in [2.75, 3.05) is 45.2 Å². The predicted molar refractivity (Wildman–Crippen MR) is 99.4 cm³/mol. The van der Waals surface area contributed by atoms with Crippen LogP contribution in [0.1, 0.15) is 16.8 Å². The monoisotopic (exact) mass is 398 g/mol. The Balaban J connectivity index is 1.51. The molecule has 1 aromatic rings. The molecule has 0 unspecified atom stereocenters. The number of nitro groups is 1. The minimum Gasteiger partial charge on any atom is -0.372 e. The summed E-state index contributed by atoms with van der Waals surface area (Å²) in [7, 11) is -2.67. The number of carbonyl (C=O) groups excluding carboxylic acids is 1. The highest BCUT2D eigenvalue weighted by Crippen LogP contribution is 2.26. The standard InChI is InChI=1S/C16H22N2O6SSi/c19-16(14-4-1-2-5-15(14)18(20)21)25-12-3-13-26-22-9-6-17(7-10-23-26)8-11-24-26/h1-2,4-5H,3,6-13H2. The third-order valence-electron chi connectivity index (χ3n) is 4.37. The molecular weight excluding hydrogens is 376 g/mol. The highest BCUT2D eigenvalue weighted by molar-refractivity contribution is 8.14. The van der Waals surface area contributed by atoms with E-state index in [1.807, 2.05) is 0 Å². The van der Waals surface area contributed by atoms with E-state index in [1.165, 1.54) is 12.1 Å². The topological polar surface area (TPSA) is 91.1 Å². The van der Waals surface area contributed by atoms with Crippen molar-refractivity contribution in [1.82, 2.24) is 4.90 Å². The number of fused-ring (bicyclic) bond motifs is 6. The van der Waals surface area contributed by atoms with Crippen LogP contribution < -0.4 is 0 Å². The number of nitrogens with zero attached hydrogens (tertiary/aromatic N) is 2. The number of carbonyl (C=O) groups is 1. The molecule has 8 nitrogen and oxygen atoms in total. The zero-order valence-corrected chi connectivity index (χ0v) is 16.2. The zero-order chi connectivity index (χ0) is 18.4. The molecule has 1 aromatic carbocycles. The molecule has 3 aliphatic rings. The normalized spacial score (nSPS) is 25.9. The molecule has 4 rings (SSSR count). The highest BCUT2D eigenvalue weighted by atomic mass is 32.2. The Bertz CT molecular complexity index is 635. The van der Waals surface area contributed by atoms with Gasteiger partial charge in [0.25, 0.3) is 5.69 Å². The first-order chi connectivity index (χ1) is 12.6. The van der Waals surface area contributed by atoms with Gasteiger partial charge >= 0.3 is 8.80 Å². The van der Waals surface area contributed by atoms with Gasteiger partial charge in [0.05, 0.1) is 24.7 Å². The summed E-state index contributed by atoms with van der Waals surface area (Å²) in [6.45, 7) is 4.50. The van der Waals surface area contributed by atoms with Gasteiger partial charge in [0.1, 0.15) is 5.56 Å². The van der Waals surface area contributed by atoms with Gasteiger partial charge in [-0.25, -0.2) is 0 Å². The van der Waals surface area contributed by atoms with Crippen molar-refractivity contribution >= 4 is 31.4 Å². The van der Waals surface area contributed by atoms with E-state index in [0.29, 0.717) is 38.0 Å². The molecule has 26 heavy (non-hydrogen) atoms. The van der Waals surface area contributed by atoms with Gasteiger partial charge in [-0.05, 0) is 12.5 Å². The molecule has 3 fully saturated rings. The molecule has 0 spiro atoms. The molecule has 0 N–H and O–H groups in total. The number of thioether (sulfide) groups is 1. The number of hydrogen-bond acceptors (Lipinski definition) is 8. The lowest BCUT2D eigenvalue weighted by atomic mass is 10.2. The van der Waals surface area contributed by atoms with E-state index < -0.39 is 13.7 Å². The van der Waals surface area contributed by atoms with Crippen LogP contribution >= 0.6 is 11.8 Å². The molecule has 0 amide bonds. The average molecular weight is 399 g/mol. The second-order valence-corrected chi connectivity index (χ2v) is 9.88. The minimum atomic E-state index is -2.67. The Hall–Kier alpha value is -1.30. The smallest absolute Gasteiger partial charge is 0.372 e. The maximum Gasteiger partial charge on any atom is 0.501 e. The van der Waals surface area contributed by atoms with Crippen molar-refractivity contribution in [3.05, 3.63) is 39.9 Å². The summed E-state index contributed by atoms with van der Waals surface area (Å²) in [5.74, 6) is 0.543. The summed E-state index contributed by atoms with van der Waals surface area (Å²) in [5, 5.41) is 10.8. The van der Waals surface area contributed by atoms with E-state index in [1.54, 1.807) is 12.1 Å². The van der Waals surface area contributed by atoms with Crippen LogP contribution in [0.5, 0.6) is 0 Å². The third kappa shape index (κ3) is 4.90. The Morgan fingerprint density at radius 3 is 2.38 bits per heavy atom. The summed E-state index contributed by atoms with van der Waals surface area (Å²) < 4.78 is 17.9. The summed E-state index contributed by atoms with van der Waals surface area (Å²) >= 11 is 1.09. The van der Waals surface area contributed by atoms with Crippen LogP contribution in [-0.4, -0.2) is 69.0 Å². The van der Waals surface area contributed by atoms with Crippen molar-refractivity contribution in [2.24, 2.45) is 0 Å². The number of hydrogen-bond donors (Lipinski definition) is 0. The summed E-state index contributed by atoms with van der Waals surface area (Å²) in [5.41, 5.74) is -0.0174. The lowest BCUT2D eigenvalue weighted by molar-refractivity contribution is -0.385. The van der Waals surface area contributed by atoms with E-state index in [4.69, 9.17) is 13.3 Å². The van der Waals surface area contributed by atoms with Crippen LogP contribution in [0.2, 0.25) is 6.04 Å². The number of rotatable bonds is 6. The Morgan fingerprint density at radius 1 is 1.15 bits per heavy atom. The van der Waals surface area contributed by atoms with Gasteiger partial charge < -0.3 is 13.3 Å². The molecule has 0 saturated carbocycles. The van der Waals surface area contributed by atoms with Crippen LogP contribution in [0, 0.1) is 10.1 Å². The second-order valence-electron chi connectivity index (χ2n) is 6.08. The van der Waals surface area contributed by atoms with Gasteiger partial charge in [-0.15, -0.1) is 0 Å². The highest BCUT2D eigenvalue weighted by Gasteiger charge is 2.43. The molecule has 3 heterocycles. The Kier molecular flexibility index (Phi) is 6.78. The SMILES string of the molecule is O=C(SCCC[Si]12OCCN(CCO1)CCO2)c1ccccc1[N+](=O)[O-]. The quantitative estimate of drug-likeness (QED) is 0.312. The van der Waals surface area contributed by atoms with Gasteiger partial charge in [-0.2, -0.15) is 0 Å². The van der Waals surface area contributed by atoms with Gasteiger partial charge in [0.15, 0.2) is 0 Å². The largest absolute Gasteiger partial charge is 0.501 e. The first-order valence-corrected chi connectivity index (χ1v) is 11.6. The van der Waals surface area contributed by atoms with Gasteiger partial charge in [0, 0.05) is 37.5 Å². The van der Waals surface area contributed by atoms with Crippen LogP contribution in [0.3, 0.4) is 0 Å². The minimum absolute atomic E-state index is 0.138. The number of para-hydroxylation sites is 1. The maximum atomic E-state index is 12.3. The van der Waals surface area contributed by atoms with Crippen molar-refractivity contribution in [1.29, 1.82) is 0 Å². The van der Waals surface area contributed by atoms with Crippen molar-refractivity contribution in [3.63, 3.8) is 0 Å². The molecular formula is C16H22N2O6SSi. The van der Waals surface area contributed by atoms with Crippen LogP contribution in [0.25, 0.3) is 0 Å². The summed E-state index contributed by atoms with van der Waals surface area (Å²) in [6.07, 6.45) is 0.701. The fraction of sp³-hybridized carbons (Fsp3) is 0.562. The van der Waals surface area contributed by atoms with E-state index in [2.05, 4.69) is 4.90 Å². The molecule has 3 aliphatic heterocycles.